The Labute approximate surface area is 105 Å². The molecular formula is C11H17N3O4. The lowest BCUT2D eigenvalue weighted by atomic mass is 10.1. The van der Waals surface area contributed by atoms with Crippen LogP contribution in [0.25, 0.3) is 0 Å². The molecule has 0 spiro atoms. The van der Waals surface area contributed by atoms with Gasteiger partial charge in [0.2, 0.25) is 0 Å². The number of nitrogens with zero attached hydrogens (tertiary/aromatic N) is 1. The van der Waals surface area contributed by atoms with E-state index >= 15 is 0 Å². The number of aliphatic carboxylic acids is 1. The van der Waals surface area contributed by atoms with Gasteiger partial charge in [-0.25, -0.2) is 9.80 Å². The lowest BCUT2D eigenvalue weighted by Crippen LogP contribution is -2.53. The van der Waals surface area contributed by atoms with Crippen LogP contribution in [0.2, 0.25) is 0 Å². The Morgan fingerprint density at radius 2 is 2.00 bits per heavy atom. The van der Waals surface area contributed by atoms with Crippen LogP contribution in [0.15, 0.2) is 12.2 Å². The largest absolute Gasteiger partial charge is 0.481 e. The summed E-state index contributed by atoms with van der Waals surface area (Å²) < 4.78 is 5.17. The molecule has 0 radical (unpaired) electrons. The molecule has 0 saturated carbocycles. The topological polar surface area (TPSA) is 90.9 Å². The first-order valence-electron chi connectivity index (χ1n) is 5.96. The number of hydrogen-bond acceptors (Lipinski definition) is 4. The first-order valence-corrected chi connectivity index (χ1v) is 5.96. The van der Waals surface area contributed by atoms with E-state index < -0.39 is 11.9 Å². The molecule has 2 rings (SSSR count). The lowest BCUT2D eigenvalue weighted by molar-refractivity contribution is -0.140. The number of carbonyl (C=O) groups excluding carboxylic acids is 1. The molecule has 0 bridgehead atoms. The highest BCUT2D eigenvalue weighted by atomic mass is 16.5. The second-order valence-electron chi connectivity index (χ2n) is 4.36. The fraction of sp³-hybridized carbons (Fsp3) is 0.636. The number of carbonyl (C=O) groups is 2. The quantitative estimate of drug-likeness (QED) is 0.595. The summed E-state index contributed by atoms with van der Waals surface area (Å²) in [5.41, 5.74) is 2.71. The maximum Gasteiger partial charge on any atom is 0.329 e. The highest BCUT2D eigenvalue weighted by Crippen LogP contribution is 2.17. The van der Waals surface area contributed by atoms with Gasteiger partial charge in [0, 0.05) is 13.1 Å². The zero-order valence-corrected chi connectivity index (χ0v) is 9.96. The van der Waals surface area contributed by atoms with Gasteiger partial charge in [-0.15, -0.1) is 0 Å². The van der Waals surface area contributed by atoms with Crippen molar-refractivity contribution in [3.63, 3.8) is 0 Å². The van der Waals surface area contributed by atoms with Gasteiger partial charge in [-0.1, -0.05) is 12.2 Å². The molecular weight excluding hydrogens is 238 g/mol. The molecule has 7 nitrogen and oxygen atoms in total. The molecule has 1 saturated heterocycles. The van der Waals surface area contributed by atoms with Crippen LogP contribution < -0.4 is 10.7 Å². The van der Waals surface area contributed by atoms with Crippen molar-refractivity contribution in [3.05, 3.63) is 12.2 Å². The molecule has 1 aliphatic carbocycles. The fourth-order valence-corrected chi connectivity index (χ4v) is 2.01. The normalized spacial score (nSPS) is 28.0. The molecule has 2 unspecified atom stereocenters. The van der Waals surface area contributed by atoms with Crippen molar-refractivity contribution in [3.8, 4) is 0 Å². The fourth-order valence-electron chi connectivity index (χ4n) is 2.01. The number of hydrogen-bond donors (Lipinski definition) is 3. The Morgan fingerprint density at radius 1 is 1.28 bits per heavy atom. The number of hydrazine groups is 1. The van der Waals surface area contributed by atoms with E-state index in [1.165, 1.54) is 0 Å². The summed E-state index contributed by atoms with van der Waals surface area (Å²) >= 11 is 0. The Bertz CT molecular complexity index is 352. The van der Waals surface area contributed by atoms with Crippen molar-refractivity contribution in [2.45, 2.75) is 12.5 Å². The van der Waals surface area contributed by atoms with Crippen molar-refractivity contribution in [2.24, 2.45) is 5.92 Å². The highest BCUT2D eigenvalue weighted by Gasteiger charge is 2.25. The van der Waals surface area contributed by atoms with Crippen LogP contribution in [0.3, 0.4) is 0 Å². The zero-order chi connectivity index (χ0) is 13.0. The van der Waals surface area contributed by atoms with E-state index in [4.69, 9.17) is 9.84 Å². The summed E-state index contributed by atoms with van der Waals surface area (Å²) in [5, 5.41) is 13.3. The van der Waals surface area contributed by atoms with Gasteiger partial charge in [0.25, 0.3) is 0 Å². The summed E-state index contributed by atoms with van der Waals surface area (Å²) in [7, 11) is 0. The number of morpholine rings is 1. The minimum absolute atomic E-state index is 0.216. The molecule has 1 aliphatic heterocycles. The van der Waals surface area contributed by atoms with Crippen LogP contribution in [0.4, 0.5) is 4.79 Å². The highest BCUT2D eigenvalue weighted by molar-refractivity contribution is 5.76. The molecule has 2 amide bonds. The van der Waals surface area contributed by atoms with Gasteiger partial charge < -0.3 is 15.2 Å². The van der Waals surface area contributed by atoms with Crippen molar-refractivity contribution in [2.75, 3.05) is 26.3 Å². The monoisotopic (exact) mass is 255 g/mol. The molecule has 2 aliphatic rings. The predicted octanol–water partition coefficient (Wildman–Crippen LogP) is -0.438. The van der Waals surface area contributed by atoms with Crippen LogP contribution in [0, 0.1) is 5.92 Å². The van der Waals surface area contributed by atoms with Gasteiger partial charge in [0.1, 0.15) is 0 Å². The third kappa shape index (κ3) is 3.44. The van der Waals surface area contributed by atoms with E-state index in [0.29, 0.717) is 32.7 Å². The lowest BCUT2D eigenvalue weighted by Gasteiger charge is -2.27. The zero-order valence-electron chi connectivity index (χ0n) is 9.96. The van der Waals surface area contributed by atoms with E-state index in [0.717, 1.165) is 0 Å². The number of amides is 2. The summed E-state index contributed by atoms with van der Waals surface area (Å²) in [6.07, 6.45) is 3.74. The molecule has 18 heavy (non-hydrogen) atoms. The van der Waals surface area contributed by atoms with Crippen LogP contribution >= 0.6 is 0 Å². The van der Waals surface area contributed by atoms with Crippen molar-refractivity contribution >= 4 is 12.0 Å². The molecule has 1 heterocycles. The molecule has 2 atom stereocenters. The summed E-state index contributed by atoms with van der Waals surface area (Å²) in [6.45, 7) is 2.52. The second-order valence-corrected chi connectivity index (χ2v) is 4.36. The minimum atomic E-state index is -0.857. The number of ether oxygens (including phenoxy) is 1. The van der Waals surface area contributed by atoms with Gasteiger partial charge in [-0.2, -0.15) is 0 Å². The van der Waals surface area contributed by atoms with Gasteiger partial charge in [0.15, 0.2) is 0 Å². The summed E-state index contributed by atoms with van der Waals surface area (Å²) in [6, 6.07) is -0.523. The first kappa shape index (κ1) is 12.8. The first-order chi connectivity index (χ1) is 8.65. The smallest absolute Gasteiger partial charge is 0.329 e. The number of rotatable bonds is 3. The Kier molecular flexibility index (Phi) is 4.16. The average molecular weight is 255 g/mol. The Morgan fingerprint density at radius 3 is 2.61 bits per heavy atom. The van der Waals surface area contributed by atoms with E-state index in [1.807, 2.05) is 0 Å². The van der Waals surface area contributed by atoms with E-state index in [2.05, 4.69) is 10.7 Å². The van der Waals surface area contributed by atoms with Gasteiger partial charge in [-0.3, -0.25) is 10.2 Å². The van der Waals surface area contributed by atoms with Crippen molar-refractivity contribution in [1.82, 2.24) is 15.8 Å². The Hall–Kier alpha value is -1.60. The molecule has 0 aromatic rings. The third-order valence-corrected chi connectivity index (χ3v) is 2.99. The van der Waals surface area contributed by atoms with Crippen molar-refractivity contribution < 1.29 is 19.4 Å². The van der Waals surface area contributed by atoms with Crippen LogP contribution in [-0.4, -0.2) is 54.5 Å². The van der Waals surface area contributed by atoms with E-state index in [1.54, 1.807) is 17.2 Å². The molecule has 100 valence electrons. The van der Waals surface area contributed by atoms with E-state index in [-0.39, 0.29) is 12.1 Å². The maximum absolute atomic E-state index is 11.7. The van der Waals surface area contributed by atoms with Crippen molar-refractivity contribution in [1.29, 1.82) is 0 Å². The number of carboxylic acids is 1. The average Bonchev–Trinajstić information content (AvgIpc) is 2.78. The van der Waals surface area contributed by atoms with Gasteiger partial charge >= 0.3 is 12.0 Å². The molecule has 0 aromatic carbocycles. The molecule has 7 heteroatoms. The van der Waals surface area contributed by atoms with Gasteiger partial charge in [-0.05, 0) is 6.42 Å². The van der Waals surface area contributed by atoms with Crippen LogP contribution in [0.1, 0.15) is 6.42 Å². The predicted molar refractivity (Wildman–Crippen MR) is 62.7 cm³/mol. The van der Waals surface area contributed by atoms with E-state index in [9.17, 15) is 9.59 Å². The second kappa shape index (κ2) is 5.83. The number of urea groups is 1. The van der Waals surface area contributed by atoms with Gasteiger partial charge in [0.05, 0.1) is 25.2 Å². The molecule has 3 N–H and O–H groups in total. The molecule has 0 aromatic heterocycles. The summed E-state index contributed by atoms with van der Waals surface area (Å²) in [4.78, 5) is 22.4. The van der Waals surface area contributed by atoms with Crippen LogP contribution in [0.5, 0.6) is 0 Å². The third-order valence-electron chi connectivity index (χ3n) is 2.99. The Balaban J connectivity index is 1.72. The number of carboxylic acid groups (broad SMARTS) is 1. The molecule has 1 fully saturated rings. The maximum atomic E-state index is 11.7. The standard InChI is InChI=1S/C11H17N3O4/c15-10(16)8-1-2-9(7-8)12-11(17)13-14-3-5-18-6-4-14/h1-2,8-9H,3-7H2,(H,15,16)(H2,12,13,17). The SMILES string of the molecule is O=C(NC1C=CC(C(=O)O)C1)NN1CCOCC1. The minimum Gasteiger partial charge on any atom is -0.481 e. The number of nitrogens with one attached hydrogen (secondary N) is 2. The summed E-state index contributed by atoms with van der Waals surface area (Å²) in [5.74, 6) is -1.36. The van der Waals surface area contributed by atoms with Crippen LogP contribution in [-0.2, 0) is 9.53 Å².